The maximum absolute atomic E-state index is 13.1. The van der Waals surface area contributed by atoms with Crippen LogP contribution >= 0.6 is 11.3 Å². The minimum atomic E-state index is 0.280. The molecule has 126 valence electrons. The van der Waals surface area contributed by atoms with Gasteiger partial charge in [0.2, 0.25) is 0 Å². The van der Waals surface area contributed by atoms with Gasteiger partial charge >= 0.3 is 0 Å². The monoisotopic (exact) mass is 334 g/mol. The molecule has 23 heavy (non-hydrogen) atoms. The number of rotatable bonds is 3. The Balaban J connectivity index is 1.46. The molecule has 0 unspecified atom stereocenters. The van der Waals surface area contributed by atoms with E-state index in [0.29, 0.717) is 6.04 Å². The Morgan fingerprint density at radius 3 is 2.87 bits per heavy atom. The maximum atomic E-state index is 13.1. The second kappa shape index (κ2) is 6.91. The summed E-state index contributed by atoms with van der Waals surface area (Å²) in [7, 11) is 0. The van der Waals surface area contributed by atoms with Gasteiger partial charge in [0.25, 0.3) is 5.91 Å². The third-order valence-electron chi connectivity index (χ3n) is 5.42. The lowest BCUT2D eigenvalue weighted by Gasteiger charge is -2.39. The SMILES string of the molecule is O=C(c1cc2c(s1)CCC2)N1CCCC[C@@H]1CN1CCOCC1. The van der Waals surface area contributed by atoms with Crippen LogP contribution in [-0.2, 0) is 17.6 Å². The van der Waals surface area contributed by atoms with Gasteiger partial charge in [0.05, 0.1) is 18.1 Å². The molecule has 2 aliphatic heterocycles. The van der Waals surface area contributed by atoms with E-state index in [4.69, 9.17) is 4.74 Å². The van der Waals surface area contributed by atoms with Crippen LogP contribution < -0.4 is 0 Å². The molecular weight excluding hydrogens is 308 g/mol. The lowest BCUT2D eigenvalue weighted by atomic mass is 10.0. The van der Waals surface area contributed by atoms with E-state index in [-0.39, 0.29) is 5.91 Å². The van der Waals surface area contributed by atoms with Crippen molar-refractivity contribution in [2.24, 2.45) is 0 Å². The van der Waals surface area contributed by atoms with Crippen LogP contribution in [-0.4, -0.2) is 61.1 Å². The minimum Gasteiger partial charge on any atom is -0.379 e. The Bertz CT molecular complexity index is 544. The molecule has 0 radical (unpaired) electrons. The van der Waals surface area contributed by atoms with Crippen molar-refractivity contribution in [2.75, 3.05) is 39.4 Å². The molecule has 2 saturated heterocycles. The number of thiophene rings is 1. The van der Waals surface area contributed by atoms with Gasteiger partial charge in [-0.1, -0.05) is 0 Å². The standard InChI is InChI=1S/C18H26N2O2S/c21-18(17-12-14-4-3-6-16(14)23-17)20-7-2-1-5-15(20)13-19-8-10-22-11-9-19/h12,15H,1-11,13H2/t15-/m1/s1. The summed E-state index contributed by atoms with van der Waals surface area (Å²) in [4.78, 5) is 20.1. The number of ether oxygens (including phenoxy) is 1. The van der Waals surface area contributed by atoms with E-state index in [0.717, 1.165) is 63.5 Å². The number of nitrogens with zero attached hydrogens (tertiary/aromatic N) is 2. The van der Waals surface area contributed by atoms with Crippen LogP contribution in [0.3, 0.4) is 0 Å². The summed E-state index contributed by atoms with van der Waals surface area (Å²) >= 11 is 1.75. The van der Waals surface area contributed by atoms with Gasteiger partial charge in [-0.05, 0) is 50.2 Å². The van der Waals surface area contributed by atoms with E-state index in [1.54, 1.807) is 11.3 Å². The number of piperidine rings is 1. The molecular formula is C18H26N2O2S. The summed E-state index contributed by atoms with van der Waals surface area (Å²) in [5.74, 6) is 0.280. The molecule has 1 amide bonds. The van der Waals surface area contributed by atoms with Crippen LogP contribution in [0, 0.1) is 0 Å². The van der Waals surface area contributed by atoms with Crippen LogP contribution in [0.1, 0.15) is 45.8 Å². The summed E-state index contributed by atoms with van der Waals surface area (Å²) in [6.45, 7) is 5.62. The van der Waals surface area contributed by atoms with E-state index in [2.05, 4.69) is 15.9 Å². The van der Waals surface area contributed by atoms with Crippen molar-refractivity contribution < 1.29 is 9.53 Å². The molecule has 1 aromatic heterocycles. The first-order chi connectivity index (χ1) is 11.3. The predicted octanol–water partition coefficient (Wildman–Crippen LogP) is 2.56. The van der Waals surface area contributed by atoms with Gasteiger partial charge in [0.1, 0.15) is 0 Å². The molecule has 0 bridgehead atoms. The first-order valence-electron chi connectivity index (χ1n) is 9.04. The van der Waals surface area contributed by atoms with E-state index in [9.17, 15) is 4.79 Å². The van der Waals surface area contributed by atoms with E-state index >= 15 is 0 Å². The zero-order valence-corrected chi connectivity index (χ0v) is 14.6. The Kier molecular flexibility index (Phi) is 4.69. The van der Waals surface area contributed by atoms with Crippen LogP contribution in [0.5, 0.6) is 0 Å². The maximum Gasteiger partial charge on any atom is 0.264 e. The molecule has 0 saturated carbocycles. The smallest absolute Gasteiger partial charge is 0.264 e. The number of likely N-dealkylation sites (tertiary alicyclic amines) is 1. The molecule has 1 atom stereocenters. The van der Waals surface area contributed by atoms with Gasteiger partial charge in [0.15, 0.2) is 0 Å². The molecule has 3 heterocycles. The van der Waals surface area contributed by atoms with Gasteiger partial charge in [-0.2, -0.15) is 0 Å². The minimum absolute atomic E-state index is 0.280. The van der Waals surface area contributed by atoms with Crippen molar-refractivity contribution >= 4 is 17.2 Å². The number of fused-ring (bicyclic) bond motifs is 1. The van der Waals surface area contributed by atoms with Gasteiger partial charge in [-0.25, -0.2) is 0 Å². The third kappa shape index (κ3) is 3.32. The number of carbonyl (C=O) groups is 1. The number of morpholine rings is 1. The average Bonchev–Trinajstić information content (AvgIpc) is 3.17. The summed E-state index contributed by atoms with van der Waals surface area (Å²) in [6.07, 6.45) is 7.14. The van der Waals surface area contributed by atoms with Crippen molar-refractivity contribution in [3.63, 3.8) is 0 Å². The van der Waals surface area contributed by atoms with Crippen molar-refractivity contribution in [2.45, 2.75) is 44.6 Å². The molecule has 0 aromatic carbocycles. The fourth-order valence-electron chi connectivity index (χ4n) is 4.12. The quantitative estimate of drug-likeness (QED) is 0.852. The lowest BCUT2D eigenvalue weighted by molar-refractivity contribution is 0.0167. The van der Waals surface area contributed by atoms with Crippen LogP contribution in [0.15, 0.2) is 6.07 Å². The molecule has 0 spiro atoms. The van der Waals surface area contributed by atoms with Gasteiger partial charge < -0.3 is 9.64 Å². The summed E-state index contributed by atoms with van der Waals surface area (Å²) in [5.41, 5.74) is 1.43. The average molecular weight is 334 g/mol. The normalized spacial score (nSPS) is 25.6. The number of aryl methyl sites for hydroxylation is 2. The number of hydrogen-bond acceptors (Lipinski definition) is 4. The van der Waals surface area contributed by atoms with Crippen LogP contribution in [0.25, 0.3) is 0 Å². The number of amides is 1. The second-order valence-corrected chi connectivity index (χ2v) is 8.11. The van der Waals surface area contributed by atoms with Crippen molar-refractivity contribution in [1.82, 2.24) is 9.80 Å². The highest BCUT2D eigenvalue weighted by atomic mass is 32.1. The topological polar surface area (TPSA) is 32.8 Å². The highest BCUT2D eigenvalue weighted by molar-refractivity contribution is 7.14. The summed E-state index contributed by atoms with van der Waals surface area (Å²) in [6, 6.07) is 2.56. The fraction of sp³-hybridized carbons (Fsp3) is 0.722. The lowest BCUT2D eigenvalue weighted by Crippen LogP contribution is -2.51. The first kappa shape index (κ1) is 15.6. The summed E-state index contributed by atoms with van der Waals surface area (Å²) < 4.78 is 5.45. The Hall–Kier alpha value is -0.910. The molecule has 5 heteroatoms. The largest absolute Gasteiger partial charge is 0.379 e. The van der Waals surface area contributed by atoms with E-state index < -0.39 is 0 Å². The van der Waals surface area contributed by atoms with Crippen molar-refractivity contribution in [3.8, 4) is 0 Å². The molecule has 3 aliphatic rings. The fourth-order valence-corrected chi connectivity index (χ4v) is 5.33. The molecule has 0 N–H and O–H groups in total. The molecule has 2 fully saturated rings. The predicted molar refractivity (Wildman–Crippen MR) is 92.3 cm³/mol. The van der Waals surface area contributed by atoms with Gasteiger partial charge in [0, 0.05) is 37.1 Å². The molecule has 4 rings (SSSR count). The highest BCUT2D eigenvalue weighted by Gasteiger charge is 2.31. The molecule has 1 aliphatic carbocycles. The Morgan fingerprint density at radius 1 is 1.17 bits per heavy atom. The Labute approximate surface area is 142 Å². The zero-order valence-electron chi connectivity index (χ0n) is 13.8. The second-order valence-electron chi connectivity index (χ2n) is 6.97. The van der Waals surface area contributed by atoms with Crippen LogP contribution in [0.4, 0.5) is 0 Å². The Morgan fingerprint density at radius 2 is 2.04 bits per heavy atom. The van der Waals surface area contributed by atoms with Crippen molar-refractivity contribution in [3.05, 3.63) is 21.4 Å². The molecule has 1 aromatic rings. The van der Waals surface area contributed by atoms with Crippen molar-refractivity contribution in [1.29, 1.82) is 0 Å². The van der Waals surface area contributed by atoms with Crippen LogP contribution in [0.2, 0.25) is 0 Å². The van der Waals surface area contributed by atoms with E-state index in [1.165, 1.54) is 29.7 Å². The van der Waals surface area contributed by atoms with Gasteiger partial charge in [-0.3, -0.25) is 9.69 Å². The summed E-state index contributed by atoms with van der Waals surface area (Å²) in [5, 5.41) is 0. The first-order valence-corrected chi connectivity index (χ1v) is 9.85. The van der Waals surface area contributed by atoms with E-state index in [1.807, 2.05) is 0 Å². The third-order valence-corrected chi connectivity index (χ3v) is 6.64. The zero-order chi connectivity index (χ0) is 15.6. The molecule has 4 nitrogen and oxygen atoms in total. The number of carbonyl (C=O) groups excluding carboxylic acids is 1. The number of hydrogen-bond donors (Lipinski definition) is 0. The highest BCUT2D eigenvalue weighted by Crippen LogP contribution is 2.32. The van der Waals surface area contributed by atoms with Gasteiger partial charge in [-0.15, -0.1) is 11.3 Å².